The zero-order valence-electron chi connectivity index (χ0n) is 17.2. The van der Waals surface area contributed by atoms with Crippen molar-refractivity contribution >= 4 is 23.4 Å². The Hall–Kier alpha value is -3.45. The van der Waals surface area contributed by atoms with Crippen LogP contribution in [0.2, 0.25) is 0 Å². The summed E-state index contributed by atoms with van der Waals surface area (Å²) in [6.45, 7) is 4.01. The number of nitrogens with zero attached hydrogens (tertiary/aromatic N) is 3. The van der Waals surface area contributed by atoms with E-state index in [1.807, 2.05) is 31.2 Å². The van der Waals surface area contributed by atoms with Crippen molar-refractivity contribution < 1.29 is 9.18 Å². The van der Waals surface area contributed by atoms with Gasteiger partial charge in [0.1, 0.15) is 11.6 Å². The lowest BCUT2D eigenvalue weighted by Crippen LogP contribution is -2.11. The predicted molar refractivity (Wildman–Crippen MR) is 121 cm³/mol. The summed E-state index contributed by atoms with van der Waals surface area (Å²) in [6, 6.07) is 21.3. The van der Waals surface area contributed by atoms with Crippen LogP contribution in [0.3, 0.4) is 0 Å². The first-order valence-electron chi connectivity index (χ1n) is 9.78. The molecule has 3 aromatic carbocycles. The second kappa shape index (κ2) is 9.14. The van der Waals surface area contributed by atoms with Crippen molar-refractivity contribution in [2.45, 2.75) is 24.8 Å². The molecule has 0 aliphatic carbocycles. The highest BCUT2D eigenvalue weighted by Gasteiger charge is 2.13. The molecular weight excluding hydrogens is 411 g/mol. The van der Waals surface area contributed by atoms with Gasteiger partial charge in [0.15, 0.2) is 5.16 Å². The van der Waals surface area contributed by atoms with E-state index in [0.717, 1.165) is 27.8 Å². The molecule has 1 amide bonds. The molecule has 31 heavy (non-hydrogen) atoms. The minimum Gasteiger partial charge on any atom is -0.322 e. The van der Waals surface area contributed by atoms with E-state index in [2.05, 4.69) is 39.1 Å². The van der Waals surface area contributed by atoms with Gasteiger partial charge >= 0.3 is 0 Å². The maximum Gasteiger partial charge on any atom is 0.255 e. The lowest BCUT2D eigenvalue weighted by Gasteiger charge is -2.11. The molecule has 7 heteroatoms. The number of para-hydroxylation sites is 1. The third-order valence-corrected chi connectivity index (χ3v) is 5.84. The molecule has 0 fully saturated rings. The lowest BCUT2D eigenvalue weighted by molar-refractivity contribution is 0.102. The van der Waals surface area contributed by atoms with E-state index in [4.69, 9.17) is 0 Å². The number of nitrogens with one attached hydrogen (secondary N) is 1. The molecule has 0 atom stereocenters. The van der Waals surface area contributed by atoms with Gasteiger partial charge in [-0.05, 0) is 67.4 Å². The van der Waals surface area contributed by atoms with Crippen molar-refractivity contribution in [1.29, 1.82) is 0 Å². The lowest BCUT2D eigenvalue weighted by atomic mass is 10.1. The van der Waals surface area contributed by atoms with Gasteiger partial charge in [-0.3, -0.25) is 9.36 Å². The molecule has 0 bridgehead atoms. The van der Waals surface area contributed by atoms with Crippen LogP contribution in [0, 0.1) is 19.7 Å². The molecule has 0 unspecified atom stereocenters. The standard InChI is InChI=1S/C24H21FN4OS/c1-16-5-3-4-6-22(16)29-17(2)27-28-24(29)31-15-18-7-9-19(10-8-18)23(30)26-21-13-11-20(25)12-14-21/h3-14H,15H2,1-2H3,(H,26,30). The van der Waals surface area contributed by atoms with Gasteiger partial charge in [-0.25, -0.2) is 4.39 Å². The number of amides is 1. The van der Waals surface area contributed by atoms with Crippen LogP contribution >= 0.6 is 11.8 Å². The van der Waals surface area contributed by atoms with Crippen LogP contribution < -0.4 is 5.32 Å². The Morgan fingerprint density at radius 1 is 0.968 bits per heavy atom. The van der Waals surface area contributed by atoms with E-state index < -0.39 is 0 Å². The molecule has 156 valence electrons. The molecule has 4 aromatic rings. The summed E-state index contributed by atoms with van der Waals surface area (Å²) in [6.07, 6.45) is 0. The van der Waals surface area contributed by atoms with E-state index in [-0.39, 0.29) is 11.7 Å². The summed E-state index contributed by atoms with van der Waals surface area (Å²) in [4.78, 5) is 12.4. The molecule has 1 N–H and O–H groups in total. The van der Waals surface area contributed by atoms with Crippen LogP contribution in [0.5, 0.6) is 0 Å². The summed E-state index contributed by atoms with van der Waals surface area (Å²) in [7, 11) is 0. The van der Waals surface area contributed by atoms with E-state index in [9.17, 15) is 9.18 Å². The minimum absolute atomic E-state index is 0.235. The van der Waals surface area contributed by atoms with Gasteiger partial charge in [-0.1, -0.05) is 42.1 Å². The fourth-order valence-electron chi connectivity index (χ4n) is 3.16. The van der Waals surface area contributed by atoms with E-state index in [1.54, 1.807) is 23.9 Å². The van der Waals surface area contributed by atoms with Gasteiger partial charge in [-0.2, -0.15) is 0 Å². The molecule has 0 aliphatic heterocycles. The zero-order chi connectivity index (χ0) is 21.8. The summed E-state index contributed by atoms with van der Waals surface area (Å²) in [5.74, 6) is 0.961. The monoisotopic (exact) mass is 432 g/mol. The topological polar surface area (TPSA) is 59.8 Å². The third-order valence-electron chi connectivity index (χ3n) is 4.84. The van der Waals surface area contributed by atoms with Gasteiger partial charge < -0.3 is 5.32 Å². The molecule has 1 aromatic heterocycles. The molecule has 5 nitrogen and oxygen atoms in total. The van der Waals surface area contributed by atoms with Crippen molar-refractivity contribution in [1.82, 2.24) is 14.8 Å². The second-order valence-corrected chi connectivity index (χ2v) is 8.04. The number of carbonyl (C=O) groups is 1. The van der Waals surface area contributed by atoms with E-state index in [1.165, 1.54) is 24.3 Å². The molecule has 0 saturated carbocycles. The Morgan fingerprint density at radius 2 is 1.68 bits per heavy atom. The number of hydrogen-bond acceptors (Lipinski definition) is 4. The summed E-state index contributed by atoms with van der Waals surface area (Å²) in [5.41, 5.74) is 4.39. The number of thioether (sulfide) groups is 1. The molecular formula is C24H21FN4OS. The largest absolute Gasteiger partial charge is 0.322 e. The van der Waals surface area contributed by atoms with Crippen LogP contribution in [0.4, 0.5) is 10.1 Å². The van der Waals surface area contributed by atoms with Gasteiger partial charge in [0, 0.05) is 17.0 Å². The number of aromatic nitrogens is 3. The smallest absolute Gasteiger partial charge is 0.255 e. The van der Waals surface area contributed by atoms with Gasteiger partial charge in [0.25, 0.3) is 5.91 Å². The molecule has 0 saturated heterocycles. The van der Waals surface area contributed by atoms with Gasteiger partial charge in [0.05, 0.1) is 5.69 Å². The number of rotatable bonds is 6. The number of benzene rings is 3. The quantitative estimate of drug-likeness (QED) is 0.405. The summed E-state index contributed by atoms with van der Waals surface area (Å²) >= 11 is 1.60. The van der Waals surface area contributed by atoms with Crippen molar-refractivity contribution in [3.63, 3.8) is 0 Å². The predicted octanol–water partition coefficient (Wildman–Crippen LogP) is 5.57. The first-order chi connectivity index (χ1) is 15.0. The number of hydrogen-bond donors (Lipinski definition) is 1. The Balaban J connectivity index is 1.43. The van der Waals surface area contributed by atoms with Crippen molar-refractivity contribution in [3.05, 3.63) is 101 Å². The maximum absolute atomic E-state index is 13.0. The van der Waals surface area contributed by atoms with Crippen LogP contribution in [0.25, 0.3) is 5.69 Å². The van der Waals surface area contributed by atoms with Crippen molar-refractivity contribution in [3.8, 4) is 5.69 Å². The number of carbonyl (C=O) groups excluding carboxylic acids is 1. The average Bonchev–Trinajstić information content (AvgIpc) is 3.14. The highest BCUT2D eigenvalue weighted by molar-refractivity contribution is 7.98. The third kappa shape index (κ3) is 4.83. The van der Waals surface area contributed by atoms with Gasteiger partial charge in [0.2, 0.25) is 0 Å². The fourth-order valence-corrected chi connectivity index (χ4v) is 4.11. The van der Waals surface area contributed by atoms with Crippen LogP contribution in [0.1, 0.15) is 27.3 Å². The van der Waals surface area contributed by atoms with Gasteiger partial charge in [-0.15, -0.1) is 10.2 Å². The van der Waals surface area contributed by atoms with E-state index >= 15 is 0 Å². The Morgan fingerprint density at radius 3 is 2.39 bits per heavy atom. The highest BCUT2D eigenvalue weighted by atomic mass is 32.2. The van der Waals surface area contributed by atoms with Crippen LogP contribution in [-0.2, 0) is 5.75 Å². The maximum atomic E-state index is 13.0. The minimum atomic E-state index is -0.340. The summed E-state index contributed by atoms with van der Waals surface area (Å²) < 4.78 is 15.1. The normalized spacial score (nSPS) is 10.8. The zero-order valence-corrected chi connectivity index (χ0v) is 18.0. The first kappa shape index (κ1) is 20.8. The highest BCUT2D eigenvalue weighted by Crippen LogP contribution is 2.26. The Kier molecular flexibility index (Phi) is 6.13. The van der Waals surface area contributed by atoms with E-state index in [0.29, 0.717) is 17.0 Å². The van der Waals surface area contributed by atoms with Crippen molar-refractivity contribution in [2.75, 3.05) is 5.32 Å². The SMILES string of the molecule is Cc1ccccc1-n1c(C)nnc1SCc1ccc(C(=O)Nc2ccc(F)cc2)cc1. The number of aryl methyl sites for hydroxylation is 2. The molecule has 4 rings (SSSR count). The van der Waals surface area contributed by atoms with Crippen LogP contribution in [0.15, 0.2) is 78.0 Å². The number of anilines is 1. The average molecular weight is 433 g/mol. The Labute approximate surface area is 184 Å². The molecule has 0 spiro atoms. The molecule has 0 aliphatic rings. The van der Waals surface area contributed by atoms with Crippen molar-refractivity contribution in [2.24, 2.45) is 0 Å². The summed E-state index contributed by atoms with van der Waals surface area (Å²) in [5, 5.41) is 12.2. The molecule has 1 heterocycles. The Bertz CT molecular complexity index is 1200. The fraction of sp³-hybridized carbons (Fsp3) is 0.125. The molecule has 0 radical (unpaired) electrons. The first-order valence-corrected chi connectivity index (χ1v) is 10.8. The van der Waals surface area contributed by atoms with Crippen LogP contribution in [-0.4, -0.2) is 20.7 Å². The second-order valence-electron chi connectivity index (χ2n) is 7.10. The number of halogens is 1.